The number of carbonyl (C=O) groups is 2. The van der Waals surface area contributed by atoms with Gasteiger partial charge in [0.25, 0.3) is 5.56 Å². The molecule has 4 rings (SSSR count). The van der Waals surface area contributed by atoms with Crippen LogP contribution in [0.15, 0.2) is 83.9 Å². The Labute approximate surface area is 215 Å². The summed E-state index contributed by atoms with van der Waals surface area (Å²) in [6.45, 7) is 5.96. The quantitative estimate of drug-likeness (QED) is 0.327. The second-order valence-electron chi connectivity index (χ2n) is 9.72. The highest BCUT2D eigenvalue weighted by Gasteiger charge is 2.27. The van der Waals surface area contributed by atoms with Crippen molar-refractivity contribution in [3.05, 3.63) is 101 Å². The van der Waals surface area contributed by atoms with E-state index in [0.717, 1.165) is 16.7 Å². The van der Waals surface area contributed by atoms with E-state index < -0.39 is 24.0 Å². The number of rotatable bonds is 9. The van der Waals surface area contributed by atoms with Crippen molar-refractivity contribution < 1.29 is 14.7 Å². The summed E-state index contributed by atoms with van der Waals surface area (Å²) in [5, 5.41) is 13.0. The number of hydrogen-bond donors (Lipinski definition) is 2. The molecule has 0 aliphatic heterocycles. The minimum atomic E-state index is -1.03. The molecule has 2 atom stereocenters. The van der Waals surface area contributed by atoms with Gasteiger partial charge < -0.3 is 10.4 Å². The number of amides is 1. The SMILES string of the molecule is Cc1ccccc1-c1cccc(C(CC(=O)O)NC(=O)[C@H](CC(C)C)n2cnc3ccccc3c2=O)c1. The van der Waals surface area contributed by atoms with Gasteiger partial charge in [-0.05, 0) is 59.7 Å². The second kappa shape index (κ2) is 11.2. The third kappa shape index (κ3) is 5.94. The molecule has 190 valence electrons. The lowest BCUT2D eigenvalue weighted by Crippen LogP contribution is -2.40. The fourth-order valence-electron chi connectivity index (χ4n) is 4.61. The summed E-state index contributed by atoms with van der Waals surface area (Å²) in [4.78, 5) is 43.1. The summed E-state index contributed by atoms with van der Waals surface area (Å²) in [5.41, 5.74) is 4.01. The van der Waals surface area contributed by atoms with Crippen molar-refractivity contribution in [3.8, 4) is 11.1 Å². The predicted molar refractivity (Wildman–Crippen MR) is 144 cm³/mol. The molecule has 2 N–H and O–H groups in total. The zero-order chi connectivity index (χ0) is 26.5. The summed E-state index contributed by atoms with van der Waals surface area (Å²) < 4.78 is 1.36. The van der Waals surface area contributed by atoms with Crippen LogP contribution >= 0.6 is 0 Å². The molecule has 1 aromatic heterocycles. The zero-order valence-electron chi connectivity index (χ0n) is 21.2. The molecule has 0 fully saturated rings. The smallest absolute Gasteiger partial charge is 0.305 e. The maximum Gasteiger partial charge on any atom is 0.305 e. The van der Waals surface area contributed by atoms with Gasteiger partial charge in [-0.25, -0.2) is 4.98 Å². The first-order valence-corrected chi connectivity index (χ1v) is 12.4. The lowest BCUT2D eigenvalue weighted by atomic mass is 9.95. The van der Waals surface area contributed by atoms with Crippen molar-refractivity contribution in [3.63, 3.8) is 0 Å². The molecule has 0 saturated carbocycles. The van der Waals surface area contributed by atoms with Crippen molar-refractivity contribution in [2.24, 2.45) is 5.92 Å². The maximum absolute atomic E-state index is 13.7. The number of fused-ring (bicyclic) bond motifs is 1. The Kier molecular flexibility index (Phi) is 7.82. The van der Waals surface area contributed by atoms with E-state index in [1.807, 2.05) is 69.3 Å². The van der Waals surface area contributed by atoms with Crippen molar-refractivity contribution in [2.45, 2.75) is 45.7 Å². The molecule has 1 unspecified atom stereocenters. The van der Waals surface area contributed by atoms with Gasteiger partial charge in [0.15, 0.2) is 0 Å². The van der Waals surface area contributed by atoms with E-state index in [-0.39, 0.29) is 17.9 Å². The predicted octanol–water partition coefficient (Wildman–Crippen LogP) is 5.29. The number of aryl methyl sites for hydroxylation is 1. The van der Waals surface area contributed by atoms with Gasteiger partial charge in [0.2, 0.25) is 5.91 Å². The van der Waals surface area contributed by atoms with Crippen molar-refractivity contribution >= 4 is 22.8 Å². The molecule has 1 heterocycles. The van der Waals surface area contributed by atoms with Crippen molar-refractivity contribution in [2.75, 3.05) is 0 Å². The highest BCUT2D eigenvalue weighted by atomic mass is 16.4. The zero-order valence-corrected chi connectivity index (χ0v) is 21.2. The van der Waals surface area contributed by atoms with Gasteiger partial charge in [0.05, 0.1) is 29.7 Å². The summed E-state index contributed by atoms with van der Waals surface area (Å²) in [6, 6.07) is 20.9. The number of benzene rings is 3. The molecular weight excluding hydrogens is 466 g/mol. The van der Waals surface area contributed by atoms with Crippen LogP contribution in [0.4, 0.5) is 0 Å². The summed E-state index contributed by atoms with van der Waals surface area (Å²) in [7, 11) is 0. The Bertz CT molecular complexity index is 1490. The van der Waals surface area contributed by atoms with Crippen LogP contribution in [0.2, 0.25) is 0 Å². The third-order valence-electron chi connectivity index (χ3n) is 6.46. The molecular formula is C30H31N3O4. The van der Waals surface area contributed by atoms with Crippen LogP contribution in [-0.4, -0.2) is 26.5 Å². The number of hydrogen-bond acceptors (Lipinski definition) is 4. The fourth-order valence-corrected chi connectivity index (χ4v) is 4.61. The van der Waals surface area contributed by atoms with Gasteiger partial charge in [-0.1, -0.05) is 68.4 Å². The minimum Gasteiger partial charge on any atom is -0.481 e. The molecule has 3 aromatic carbocycles. The molecule has 0 radical (unpaired) electrons. The molecule has 7 heteroatoms. The lowest BCUT2D eigenvalue weighted by Gasteiger charge is -2.25. The van der Waals surface area contributed by atoms with Gasteiger partial charge >= 0.3 is 5.97 Å². The first kappa shape index (κ1) is 25.8. The van der Waals surface area contributed by atoms with Gasteiger partial charge in [-0.15, -0.1) is 0 Å². The van der Waals surface area contributed by atoms with Gasteiger partial charge in [0.1, 0.15) is 6.04 Å². The number of aromatic nitrogens is 2. The molecule has 4 aromatic rings. The number of para-hydroxylation sites is 1. The first-order chi connectivity index (χ1) is 17.7. The average molecular weight is 498 g/mol. The van der Waals surface area contributed by atoms with Crippen LogP contribution in [0.25, 0.3) is 22.0 Å². The number of carboxylic acids is 1. The van der Waals surface area contributed by atoms with Crippen LogP contribution in [0.3, 0.4) is 0 Å². The molecule has 7 nitrogen and oxygen atoms in total. The van der Waals surface area contributed by atoms with Crippen molar-refractivity contribution in [1.29, 1.82) is 0 Å². The number of nitrogens with one attached hydrogen (secondary N) is 1. The number of nitrogens with zero attached hydrogens (tertiary/aromatic N) is 2. The lowest BCUT2D eigenvalue weighted by molar-refractivity contribution is -0.138. The molecule has 1 amide bonds. The van der Waals surface area contributed by atoms with E-state index in [4.69, 9.17) is 0 Å². The first-order valence-electron chi connectivity index (χ1n) is 12.4. The Morgan fingerprint density at radius 3 is 2.46 bits per heavy atom. The number of aliphatic carboxylic acids is 1. The molecule has 0 aliphatic rings. The van der Waals surface area contributed by atoms with Gasteiger partial charge in [0, 0.05) is 0 Å². The van der Waals surface area contributed by atoms with E-state index in [0.29, 0.717) is 22.9 Å². The second-order valence-corrected chi connectivity index (χ2v) is 9.72. The van der Waals surface area contributed by atoms with Crippen LogP contribution < -0.4 is 10.9 Å². The van der Waals surface area contributed by atoms with E-state index in [9.17, 15) is 19.5 Å². The van der Waals surface area contributed by atoms with E-state index >= 15 is 0 Å². The van der Waals surface area contributed by atoms with E-state index in [2.05, 4.69) is 10.3 Å². The highest BCUT2D eigenvalue weighted by Crippen LogP contribution is 2.28. The minimum absolute atomic E-state index is 0.108. The summed E-state index contributed by atoms with van der Waals surface area (Å²) in [5.74, 6) is -1.34. The average Bonchev–Trinajstić information content (AvgIpc) is 2.87. The maximum atomic E-state index is 13.7. The van der Waals surface area contributed by atoms with Crippen LogP contribution in [0.5, 0.6) is 0 Å². The molecule has 0 bridgehead atoms. The molecule has 0 aliphatic carbocycles. The van der Waals surface area contributed by atoms with Crippen LogP contribution in [0.1, 0.15) is 49.9 Å². The van der Waals surface area contributed by atoms with E-state index in [1.54, 1.807) is 24.3 Å². The number of carbonyl (C=O) groups excluding carboxylic acids is 1. The Hall–Kier alpha value is -4.26. The standard InChI is InChI=1S/C30H31N3O4/c1-19(2)15-27(33-18-31-25-14-7-6-13-24(25)30(33)37)29(36)32-26(17-28(34)35)22-11-8-10-21(16-22)23-12-5-4-9-20(23)3/h4-14,16,18-19,26-27H,15,17H2,1-3H3,(H,32,36)(H,34,35)/t26?,27-/m0/s1. The molecule has 0 saturated heterocycles. The third-order valence-corrected chi connectivity index (χ3v) is 6.46. The Morgan fingerprint density at radius 2 is 1.73 bits per heavy atom. The largest absolute Gasteiger partial charge is 0.481 e. The van der Waals surface area contributed by atoms with Gasteiger partial charge in [-0.3, -0.25) is 19.0 Å². The topological polar surface area (TPSA) is 101 Å². The monoisotopic (exact) mass is 497 g/mol. The highest BCUT2D eigenvalue weighted by molar-refractivity contribution is 5.83. The summed E-state index contributed by atoms with van der Waals surface area (Å²) >= 11 is 0. The number of carboxylic acid groups (broad SMARTS) is 1. The van der Waals surface area contributed by atoms with Gasteiger partial charge in [-0.2, -0.15) is 0 Å². The molecule has 37 heavy (non-hydrogen) atoms. The fraction of sp³-hybridized carbons (Fsp3) is 0.267. The van der Waals surface area contributed by atoms with E-state index in [1.165, 1.54) is 10.9 Å². The van der Waals surface area contributed by atoms with Crippen molar-refractivity contribution in [1.82, 2.24) is 14.9 Å². The molecule has 0 spiro atoms. The van der Waals surface area contributed by atoms with Crippen LogP contribution in [-0.2, 0) is 9.59 Å². The normalized spacial score (nSPS) is 12.9. The Morgan fingerprint density at radius 1 is 1.00 bits per heavy atom. The Balaban J connectivity index is 1.70. The summed E-state index contributed by atoms with van der Waals surface area (Å²) in [6.07, 6.45) is 1.51. The van der Waals surface area contributed by atoms with Crippen LogP contribution in [0, 0.1) is 12.8 Å².